The van der Waals surface area contributed by atoms with Gasteiger partial charge in [-0.2, -0.15) is 0 Å². The molecule has 0 spiro atoms. The Morgan fingerprint density at radius 1 is 0.595 bits per heavy atom. The maximum Gasteiger partial charge on any atom is 0.294 e. The summed E-state index contributed by atoms with van der Waals surface area (Å²) in [5.74, 6) is -0.793. The summed E-state index contributed by atoms with van der Waals surface area (Å²) in [5.41, 5.74) is 3.86. The van der Waals surface area contributed by atoms with Crippen molar-refractivity contribution in [2.24, 2.45) is 0 Å². The lowest BCUT2D eigenvalue weighted by Crippen LogP contribution is -2.45. The van der Waals surface area contributed by atoms with Gasteiger partial charge in [-0.25, -0.2) is 0 Å². The summed E-state index contributed by atoms with van der Waals surface area (Å²) in [4.78, 5) is 60.5. The summed E-state index contributed by atoms with van der Waals surface area (Å²) >= 11 is 1.77. The Labute approximate surface area is 256 Å². The maximum absolute atomic E-state index is 13.1. The normalized spacial score (nSPS) is 17.5. The summed E-state index contributed by atoms with van der Waals surface area (Å²) in [6.45, 7) is 11.9. The van der Waals surface area contributed by atoms with E-state index in [1.807, 2.05) is 48.5 Å². The molecule has 0 bridgehead atoms. The highest BCUT2D eigenvalue weighted by atomic mass is 32.2. The van der Waals surface area contributed by atoms with Gasteiger partial charge < -0.3 is 9.80 Å². The zero-order valence-corrected chi connectivity index (χ0v) is 26.3. The predicted octanol–water partition coefficient (Wildman–Crippen LogP) is 6.00. The molecule has 9 nitrogen and oxygen atoms in total. The molecule has 42 heavy (non-hydrogen) atoms. The molecule has 2 saturated heterocycles. The molecule has 222 valence electrons. The van der Waals surface area contributed by atoms with Crippen LogP contribution in [0.2, 0.25) is 0 Å². The molecule has 0 saturated carbocycles. The molecule has 2 aromatic carbocycles. The average Bonchev–Trinajstić information content (AvgIpc) is 3.40. The van der Waals surface area contributed by atoms with Gasteiger partial charge in [-0.1, -0.05) is 24.3 Å². The minimum Gasteiger partial charge on any atom is -0.372 e. The van der Waals surface area contributed by atoms with Crippen LogP contribution in [0.3, 0.4) is 0 Å². The highest BCUT2D eigenvalue weighted by Gasteiger charge is 2.38. The summed E-state index contributed by atoms with van der Waals surface area (Å²) in [6.07, 6.45) is 3.43. The van der Waals surface area contributed by atoms with Crippen molar-refractivity contribution in [1.82, 2.24) is 14.7 Å². The van der Waals surface area contributed by atoms with Crippen LogP contribution in [-0.4, -0.2) is 83.6 Å². The van der Waals surface area contributed by atoms with E-state index in [2.05, 4.69) is 37.5 Å². The third kappa shape index (κ3) is 7.08. The number of rotatable bonds is 12. The number of carbonyl (C=O) groups is 4. The minimum atomic E-state index is -0.396. The van der Waals surface area contributed by atoms with Crippen molar-refractivity contribution in [3.63, 3.8) is 0 Å². The lowest BCUT2D eigenvalue weighted by atomic mass is 10.1. The second kappa shape index (κ2) is 14.1. The lowest BCUT2D eigenvalue weighted by molar-refractivity contribution is -0.125. The van der Waals surface area contributed by atoms with Crippen molar-refractivity contribution in [2.75, 3.05) is 56.4 Å². The van der Waals surface area contributed by atoms with Gasteiger partial charge in [-0.05, 0) is 106 Å². The Morgan fingerprint density at radius 3 is 1.24 bits per heavy atom. The Bertz CT molecular complexity index is 1280. The first-order valence-electron chi connectivity index (χ1n) is 14.1. The fraction of sp³-hybridized carbons (Fsp3) is 0.355. The molecule has 11 heteroatoms. The lowest BCUT2D eigenvalue weighted by Gasteiger charge is -2.25. The van der Waals surface area contributed by atoms with Gasteiger partial charge in [0.25, 0.3) is 22.3 Å². The van der Waals surface area contributed by atoms with Crippen LogP contribution in [0, 0.1) is 0 Å². The summed E-state index contributed by atoms with van der Waals surface area (Å²) in [7, 11) is 1.66. The average molecular weight is 608 g/mol. The molecule has 2 aliphatic heterocycles. The van der Waals surface area contributed by atoms with Gasteiger partial charge >= 0.3 is 0 Å². The molecule has 0 atom stereocenters. The third-order valence-corrected chi connectivity index (χ3v) is 8.97. The number of hydrogen-bond acceptors (Lipinski definition) is 9. The molecule has 4 rings (SSSR count). The van der Waals surface area contributed by atoms with Crippen LogP contribution in [0.4, 0.5) is 21.0 Å². The van der Waals surface area contributed by atoms with E-state index in [4.69, 9.17) is 0 Å². The molecule has 0 unspecified atom stereocenters. The highest BCUT2D eigenvalue weighted by molar-refractivity contribution is 8.18. The van der Waals surface area contributed by atoms with Crippen LogP contribution in [0.15, 0.2) is 58.3 Å². The van der Waals surface area contributed by atoms with E-state index in [0.29, 0.717) is 9.81 Å². The van der Waals surface area contributed by atoms with Crippen molar-refractivity contribution in [3.05, 3.63) is 69.5 Å². The Balaban J connectivity index is 1.37. The monoisotopic (exact) mass is 607 g/mol. The molecule has 0 N–H and O–H groups in total. The molecular weight excluding hydrogens is 571 g/mol. The van der Waals surface area contributed by atoms with Crippen LogP contribution in [0.5, 0.6) is 0 Å². The van der Waals surface area contributed by atoms with Gasteiger partial charge in [0.15, 0.2) is 0 Å². The quantitative estimate of drug-likeness (QED) is 0.270. The van der Waals surface area contributed by atoms with Crippen molar-refractivity contribution in [1.29, 1.82) is 0 Å². The number of imide groups is 2. The number of benzene rings is 2. The number of amides is 4. The number of hydrogen-bond donors (Lipinski definition) is 0. The zero-order valence-electron chi connectivity index (χ0n) is 24.7. The maximum atomic E-state index is 13.1. The van der Waals surface area contributed by atoms with Crippen LogP contribution >= 0.6 is 23.5 Å². The molecule has 2 heterocycles. The van der Waals surface area contributed by atoms with Crippen LogP contribution < -0.4 is 9.80 Å². The molecular formula is C31H37N5O4S2. The smallest absolute Gasteiger partial charge is 0.294 e. The summed E-state index contributed by atoms with van der Waals surface area (Å²) in [5, 5.41) is -0.778. The van der Waals surface area contributed by atoms with Gasteiger partial charge in [0, 0.05) is 37.6 Å². The van der Waals surface area contributed by atoms with Crippen LogP contribution in [0.1, 0.15) is 38.8 Å². The first kappa shape index (κ1) is 31.4. The fourth-order valence-corrected chi connectivity index (χ4v) is 6.48. The van der Waals surface area contributed by atoms with Gasteiger partial charge in [0.2, 0.25) is 0 Å². The second-order valence-electron chi connectivity index (χ2n) is 9.89. The zero-order chi connectivity index (χ0) is 30.4. The molecule has 0 aliphatic carbocycles. The predicted molar refractivity (Wildman–Crippen MR) is 173 cm³/mol. The first-order valence-corrected chi connectivity index (χ1v) is 15.7. The minimum absolute atomic E-state index is 0.0451. The van der Waals surface area contributed by atoms with E-state index in [1.54, 1.807) is 24.1 Å². The Kier molecular flexibility index (Phi) is 10.5. The van der Waals surface area contributed by atoms with E-state index in [0.717, 1.165) is 82.0 Å². The molecule has 4 amide bonds. The number of nitrogens with zero attached hydrogens (tertiary/aromatic N) is 5. The van der Waals surface area contributed by atoms with Crippen LogP contribution in [-0.2, 0) is 9.59 Å². The van der Waals surface area contributed by atoms with Gasteiger partial charge in [-0.3, -0.25) is 33.9 Å². The van der Waals surface area contributed by atoms with Crippen molar-refractivity contribution in [2.45, 2.75) is 27.7 Å². The largest absolute Gasteiger partial charge is 0.372 e. The van der Waals surface area contributed by atoms with Gasteiger partial charge in [-0.15, -0.1) is 0 Å². The SMILES string of the molecule is CCN(CC)c1ccc(/C=C2/SC(=O)N(CN(C)CN3C(=O)S/C(=C/c4ccc(N(CC)CC)cc4)C3=O)C2=O)cc1. The summed E-state index contributed by atoms with van der Waals surface area (Å²) < 4.78 is 0. The van der Waals surface area contributed by atoms with Crippen LogP contribution in [0.25, 0.3) is 12.2 Å². The van der Waals surface area contributed by atoms with Gasteiger partial charge in [0.05, 0.1) is 23.1 Å². The highest BCUT2D eigenvalue weighted by Crippen LogP contribution is 2.34. The van der Waals surface area contributed by atoms with Gasteiger partial charge in [0.1, 0.15) is 0 Å². The van der Waals surface area contributed by atoms with E-state index < -0.39 is 11.8 Å². The number of carbonyl (C=O) groups excluding carboxylic acids is 4. The first-order chi connectivity index (χ1) is 20.2. The fourth-order valence-electron chi connectivity index (χ4n) is 4.81. The van der Waals surface area contributed by atoms with E-state index in [-0.39, 0.29) is 23.8 Å². The number of thioether (sulfide) groups is 2. The molecule has 2 fully saturated rings. The topological polar surface area (TPSA) is 84.5 Å². The Morgan fingerprint density at radius 2 is 0.929 bits per heavy atom. The molecule has 0 radical (unpaired) electrons. The van der Waals surface area contributed by atoms with Crippen molar-refractivity contribution in [3.8, 4) is 0 Å². The van der Waals surface area contributed by atoms with Crippen molar-refractivity contribution < 1.29 is 19.2 Å². The van der Waals surface area contributed by atoms with E-state index in [1.165, 1.54) is 0 Å². The third-order valence-electron chi connectivity index (χ3n) is 7.15. The van der Waals surface area contributed by atoms with E-state index in [9.17, 15) is 19.2 Å². The molecule has 2 aliphatic rings. The Hall–Kier alpha value is -3.54. The number of anilines is 2. The van der Waals surface area contributed by atoms with E-state index >= 15 is 0 Å². The standard InChI is InChI=1S/C31H37N5O4S2/c1-6-33(7-2)24-14-10-22(11-15-24)18-26-28(37)35(30(39)41-26)20-32(5)21-36-29(38)27(42-31(36)40)19-23-12-16-25(17-13-23)34(8-3)9-4/h10-19H,6-9,20-21H2,1-5H3/b26-18+,27-19+. The van der Waals surface area contributed by atoms with Crippen molar-refractivity contribution >= 4 is 69.3 Å². The molecule has 2 aromatic rings. The molecule has 0 aromatic heterocycles. The summed E-state index contributed by atoms with van der Waals surface area (Å²) in [6, 6.07) is 15.7. The second-order valence-corrected chi connectivity index (χ2v) is 11.9.